The van der Waals surface area contributed by atoms with Crippen molar-refractivity contribution in [2.45, 2.75) is 31.5 Å². The van der Waals surface area contributed by atoms with Crippen molar-refractivity contribution in [1.29, 1.82) is 0 Å². The molecule has 1 aliphatic rings. The smallest absolute Gasteiger partial charge is 0.377 e. The highest BCUT2D eigenvalue weighted by molar-refractivity contribution is 6.37. The van der Waals surface area contributed by atoms with Gasteiger partial charge in [0.05, 0.1) is 0 Å². The number of benzene rings is 1. The van der Waals surface area contributed by atoms with Crippen LogP contribution in [0.2, 0.25) is 0 Å². The van der Waals surface area contributed by atoms with Gasteiger partial charge in [-0.05, 0) is 17.9 Å². The normalized spacial score (nSPS) is 20.3. The van der Waals surface area contributed by atoms with Crippen LogP contribution in [-0.4, -0.2) is 39.5 Å². The Morgan fingerprint density at radius 2 is 1.88 bits per heavy atom. The topological polar surface area (TPSA) is 118 Å². The second kappa shape index (κ2) is 7.85. The third-order valence-corrected chi connectivity index (χ3v) is 3.90. The molecule has 1 aromatic rings. The first-order valence-corrected chi connectivity index (χ1v) is 7.77. The van der Waals surface area contributed by atoms with E-state index >= 15 is 0 Å². The summed E-state index contributed by atoms with van der Waals surface area (Å²) in [6.07, 6.45) is 2.54. The number of aliphatic carboxylic acids is 1. The van der Waals surface area contributed by atoms with Gasteiger partial charge in [-0.1, -0.05) is 36.4 Å². The molecule has 2 unspecified atom stereocenters. The average molecular weight is 346 g/mol. The lowest BCUT2D eigenvalue weighted by Crippen LogP contribution is -2.45. The summed E-state index contributed by atoms with van der Waals surface area (Å²) < 4.78 is 4.72. The van der Waals surface area contributed by atoms with E-state index in [1.54, 1.807) is 30.3 Å². The van der Waals surface area contributed by atoms with Gasteiger partial charge in [0.15, 0.2) is 11.6 Å². The summed E-state index contributed by atoms with van der Waals surface area (Å²) in [5.74, 6) is -6.61. The first-order valence-electron chi connectivity index (χ1n) is 7.77. The number of ether oxygens (including phenoxy) is 1. The predicted molar refractivity (Wildman–Crippen MR) is 85.3 cm³/mol. The fourth-order valence-corrected chi connectivity index (χ4v) is 2.52. The monoisotopic (exact) mass is 346 g/mol. The highest BCUT2D eigenvalue weighted by Crippen LogP contribution is 2.21. The number of Topliss-reactive ketones (excluding diaryl/α,β-unsaturated/α-hetero) is 2. The predicted octanol–water partition coefficient (Wildman–Crippen LogP) is 1.04. The Balaban J connectivity index is 2.00. The molecular weight excluding hydrogens is 328 g/mol. The quantitative estimate of drug-likeness (QED) is 0.342. The van der Waals surface area contributed by atoms with E-state index in [0.717, 1.165) is 6.08 Å². The molecule has 0 saturated heterocycles. The standard InChI is InChI=1S/C18H18O7/c19-14-8-6-12(10-15(14)20)7-9-16(21)25-18(24,17(22)23)11-13-4-2-1-3-5-13/h1-5,7,9,12,24H,6,8,10-11H2,(H,22,23). The third-order valence-electron chi connectivity index (χ3n) is 3.90. The van der Waals surface area contributed by atoms with E-state index in [2.05, 4.69) is 0 Å². The number of allylic oxidation sites excluding steroid dienone is 1. The Hall–Kier alpha value is -2.80. The molecule has 1 aliphatic carbocycles. The van der Waals surface area contributed by atoms with Crippen molar-refractivity contribution >= 4 is 23.5 Å². The van der Waals surface area contributed by atoms with E-state index in [-0.39, 0.29) is 18.8 Å². The largest absolute Gasteiger partial charge is 0.476 e. The molecule has 7 heteroatoms. The molecule has 0 radical (unpaired) electrons. The summed E-state index contributed by atoms with van der Waals surface area (Å²) in [6, 6.07) is 8.26. The van der Waals surface area contributed by atoms with Gasteiger partial charge in [-0.2, -0.15) is 0 Å². The highest BCUT2D eigenvalue weighted by atomic mass is 16.7. The Kier molecular flexibility index (Phi) is 5.82. The summed E-state index contributed by atoms with van der Waals surface area (Å²) in [5, 5.41) is 19.3. The number of hydrogen-bond acceptors (Lipinski definition) is 6. The molecular formula is C18H18O7. The van der Waals surface area contributed by atoms with E-state index in [9.17, 15) is 29.4 Å². The number of aliphatic hydroxyl groups is 1. The zero-order valence-corrected chi connectivity index (χ0v) is 13.4. The van der Waals surface area contributed by atoms with Gasteiger partial charge in [0.25, 0.3) is 0 Å². The molecule has 0 aromatic heterocycles. The summed E-state index contributed by atoms with van der Waals surface area (Å²) in [4.78, 5) is 45.7. The van der Waals surface area contributed by atoms with Crippen LogP contribution < -0.4 is 0 Å². The Morgan fingerprint density at radius 1 is 1.20 bits per heavy atom. The highest BCUT2D eigenvalue weighted by Gasteiger charge is 2.40. The molecule has 0 bridgehead atoms. The molecule has 25 heavy (non-hydrogen) atoms. The summed E-state index contributed by atoms with van der Waals surface area (Å²) in [6.45, 7) is 0. The molecule has 1 aromatic carbocycles. The number of ketones is 2. The number of rotatable bonds is 6. The molecule has 2 rings (SSSR count). The number of carbonyl (C=O) groups excluding carboxylic acids is 3. The second-order valence-corrected chi connectivity index (χ2v) is 5.88. The number of hydrogen-bond donors (Lipinski definition) is 2. The molecule has 2 N–H and O–H groups in total. The number of carboxylic acids is 1. The minimum atomic E-state index is -2.69. The molecule has 1 fully saturated rings. The van der Waals surface area contributed by atoms with Crippen molar-refractivity contribution in [3.05, 3.63) is 48.0 Å². The van der Waals surface area contributed by atoms with Crippen molar-refractivity contribution in [3.63, 3.8) is 0 Å². The molecule has 2 atom stereocenters. The van der Waals surface area contributed by atoms with Crippen molar-refractivity contribution in [2.24, 2.45) is 5.92 Å². The SMILES string of the molecule is O=C(C=CC1CCC(=O)C(=O)C1)OC(O)(Cc1ccccc1)C(=O)O. The molecule has 0 heterocycles. The van der Waals surface area contributed by atoms with Gasteiger partial charge < -0.3 is 14.9 Å². The maximum atomic E-state index is 11.9. The number of carboxylic acid groups (broad SMARTS) is 1. The lowest BCUT2D eigenvalue weighted by atomic mass is 9.87. The summed E-state index contributed by atoms with van der Waals surface area (Å²) in [7, 11) is 0. The maximum Gasteiger partial charge on any atom is 0.377 e. The van der Waals surface area contributed by atoms with Crippen LogP contribution in [0.15, 0.2) is 42.5 Å². The second-order valence-electron chi connectivity index (χ2n) is 5.88. The van der Waals surface area contributed by atoms with Crippen LogP contribution >= 0.6 is 0 Å². The van der Waals surface area contributed by atoms with Crippen LogP contribution in [0.25, 0.3) is 0 Å². The molecule has 0 amide bonds. The van der Waals surface area contributed by atoms with E-state index in [0.29, 0.717) is 12.0 Å². The van der Waals surface area contributed by atoms with Gasteiger partial charge in [-0.15, -0.1) is 0 Å². The van der Waals surface area contributed by atoms with Crippen LogP contribution in [0.1, 0.15) is 24.8 Å². The van der Waals surface area contributed by atoms with Crippen LogP contribution in [0.4, 0.5) is 0 Å². The van der Waals surface area contributed by atoms with E-state index in [4.69, 9.17) is 4.74 Å². The molecule has 7 nitrogen and oxygen atoms in total. The molecule has 132 valence electrons. The van der Waals surface area contributed by atoms with Gasteiger partial charge in [0.1, 0.15) is 0 Å². The first kappa shape index (κ1) is 18.5. The third kappa shape index (κ3) is 5.09. The number of esters is 1. The molecule has 1 saturated carbocycles. The van der Waals surface area contributed by atoms with Crippen molar-refractivity contribution < 1.29 is 34.1 Å². The Labute approximate surface area is 143 Å². The van der Waals surface area contributed by atoms with Gasteiger partial charge in [-0.25, -0.2) is 9.59 Å². The van der Waals surface area contributed by atoms with Crippen LogP contribution in [0.5, 0.6) is 0 Å². The van der Waals surface area contributed by atoms with E-state index in [1.807, 2.05) is 0 Å². The van der Waals surface area contributed by atoms with Gasteiger partial charge in [0.2, 0.25) is 0 Å². The minimum absolute atomic E-state index is 0.00975. The van der Waals surface area contributed by atoms with Crippen LogP contribution in [-0.2, 0) is 30.3 Å². The van der Waals surface area contributed by atoms with E-state index < -0.39 is 35.7 Å². The van der Waals surface area contributed by atoms with Crippen molar-refractivity contribution in [3.8, 4) is 0 Å². The first-order chi connectivity index (χ1) is 11.8. The minimum Gasteiger partial charge on any atom is -0.476 e. The fraction of sp³-hybridized carbons (Fsp3) is 0.333. The van der Waals surface area contributed by atoms with Crippen LogP contribution in [0, 0.1) is 5.92 Å². The van der Waals surface area contributed by atoms with Gasteiger partial charge >= 0.3 is 17.7 Å². The lowest BCUT2D eigenvalue weighted by Gasteiger charge is -2.23. The lowest BCUT2D eigenvalue weighted by molar-refractivity contribution is -0.219. The Morgan fingerprint density at radius 3 is 2.48 bits per heavy atom. The molecule has 0 aliphatic heterocycles. The van der Waals surface area contributed by atoms with Crippen molar-refractivity contribution in [1.82, 2.24) is 0 Å². The van der Waals surface area contributed by atoms with Gasteiger partial charge in [0, 0.05) is 25.3 Å². The Bertz CT molecular complexity index is 707. The number of carbonyl (C=O) groups is 4. The fourth-order valence-electron chi connectivity index (χ4n) is 2.52. The zero-order chi connectivity index (χ0) is 18.4. The van der Waals surface area contributed by atoms with Crippen molar-refractivity contribution in [2.75, 3.05) is 0 Å². The van der Waals surface area contributed by atoms with Crippen LogP contribution in [0.3, 0.4) is 0 Å². The average Bonchev–Trinajstić information content (AvgIpc) is 2.56. The van der Waals surface area contributed by atoms with Gasteiger partial charge in [-0.3, -0.25) is 9.59 Å². The summed E-state index contributed by atoms with van der Waals surface area (Å²) >= 11 is 0. The maximum absolute atomic E-state index is 11.9. The van der Waals surface area contributed by atoms with E-state index in [1.165, 1.54) is 6.08 Å². The zero-order valence-electron chi connectivity index (χ0n) is 13.4. The summed E-state index contributed by atoms with van der Waals surface area (Å²) in [5.41, 5.74) is 0.487. The molecule has 0 spiro atoms.